The van der Waals surface area contributed by atoms with Crippen LogP contribution in [0.5, 0.6) is 0 Å². The SMILES string of the molecule is c1ccc(-n2c3ccccc3c3cc(-c4nc(-c5ccc6oc7ccc8ccccc8c7c6c5)nc5ccccc45)ccc32)cc1. The fourth-order valence-electron chi connectivity index (χ4n) is 7.09. The van der Waals surface area contributed by atoms with Crippen molar-refractivity contribution in [1.82, 2.24) is 14.5 Å². The average Bonchev–Trinajstić information content (AvgIpc) is 3.67. The molecule has 0 bridgehead atoms. The molecule has 0 aliphatic heterocycles. The van der Waals surface area contributed by atoms with Crippen molar-refractivity contribution in [2.45, 2.75) is 0 Å². The maximum atomic E-state index is 6.28. The van der Waals surface area contributed by atoms with Crippen LogP contribution >= 0.6 is 0 Å². The lowest BCUT2D eigenvalue weighted by Gasteiger charge is -2.11. The maximum absolute atomic E-state index is 6.28. The highest BCUT2D eigenvalue weighted by Gasteiger charge is 2.17. The van der Waals surface area contributed by atoms with Gasteiger partial charge in [0.05, 0.1) is 22.2 Å². The van der Waals surface area contributed by atoms with Crippen LogP contribution < -0.4 is 0 Å². The van der Waals surface area contributed by atoms with Gasteiger partial charge in [-0.1, -0.05) is 91.0 Å². The Labute approximate surface area is 263 Å². The minimum absolute atomic E-state index is 0.692. The third-order valence-corrected chi connectivity index (χ3v) is 9.18. The van der Waals surface area contributed by atoms with Crippen LogP contribution in [0.15, 0.2) is 156 Å². The van der Waals surface area contributed by atoms with E-state index >= 15 is 0 Å². The molecule has 0 saturated heterocycles. The number of aromatic nitrogens is 3. The van der Waals surface area contributed by atoms with Crippen molar-refractivity contribution < 1.29 is 4.42 Å². The van der Waals surface area contributed by atoms with Crippen LogP contribution in [0.3, 0.4) is 0 Å². The molecule has 4 nitrogen and oxygen atoms in total. The van der Waals surface area contributed by atoms with Gasteiger partial charge in [-0.2, -0.15) is 0 Å². The Morgan fingerprint density at radius 3 is 2.07 bits per heavy atom. The summed E-state index contributed by atoms with van der Waals surface area (Å²) < 4.78 is 8.62. The molecule has 214 valence electrons. The van der Waals surface area contributed by atoms with Gasteiger partial charge in [-0.15, -0.1) is 0 Å². The molecule has 4 heteroatoms. The number of hydrogen-bond donors (Lipinski definition) is 0. The van der Waals surface area contributed by atoms with E-state index in [1.165, 1.54) is 32.6 Å². The second-order valence-corrected chi connectivity index (χ2v) is 11.8. The number of fused-ring (bicyclic) bond motifs is 9. The zero-order chi connectivity index (χ0) is 30.2. The summed E-state index contributed by atoms with van der Waals surface area (Å²) >= 11 is 0. The molecule has 0 unspecified atom stereocenters. The Balaban J connectivity index is 1.20. The molecule has 0 atom stereocenters. The summed E-state index contributed by atoms with van der Waals surface area (Å²) in [6.45, 7) is 0. The fraction of sp³-hybridized carbons (Fsp3) is 0. The molecule has 0 aliphatic rings. The first kappa shape index (κ1) is 25.1. The van der Waals surface area contributed by atoms with Gasteiger partial charge >= 0.3 is 0 Å². The summed E-state index contributed by atoms with van der Waals surface area (Å²) in [5.41, 5.74) is 9.08. The second-order valence-electron chi connectivity index (χ2n) is 11.8. The molecule has 0 saturated carbocycles. The number of rotatable bonds is 3. The smallest absolute Gasteiger partial charge is 0.160 e. The van der Waals surface area contributed by atoms with E-state index in [0.29, 0.717) is 5.82 Å². The van der Waals surface area contributed by atoms with Crippen LogP contribution in [0.25, 0.3) is 93.8 Å². The van der Waals surface area contributed by atoms with E-state index in [1.54, 1.807) is 0 Å². The lowest BCUT2D eigenvalue weighted by atomic mass is 10.0. The summed E-state index contributed by atoms with van der Waals surface area (Å²) in [4.78, 5) is 10.4. The largest absolute Gasteiger partial charge is 0.456 e. The fourth-order valence-corrected chi connectivity index (χ4v) is 7.09. The standard InChI is InChI=1S/C42H25N3O/c1-2-11-29(12-3-1)45-36-17-9-7-14-31(36)33-24-27(18-21-37(33)45)41-32-15-6-8-16-35(32)43-42(44-41)28-20-22-38-34(25-28)40-30-13-5-4-10-26(30)19-23-39(40)46-38/h1-25H. The molecule has 0 amide bonds. The quantitative estimate of drug-likeness (QED) is 0.207. The van der Waals surface area contributed by atoms with E-state index in [9.17, 15) is 0 Å². The Morgan fingerprint density at radius 2 is 1.15 bits per heavy atom. The molecule has 10 aromatic rings. The Bertz CT molecular complexity index is 2810. The van der Waals surface area contributed by atoms with Crippen molar-refractivity contribution in [1.29, 1.82) is 0 Å². The molecule has 10 rings (SSSR count). The van der Waals surface area contributed by atoms with E-state index in [4.69, 9.17) is 14.4 Å². The third kappa shape index (κ3) is 3.67. The molecule has 7 aromatic carbocycles. The van der Waals surface area contributed by atoms with Crippen molar-refractivity contribution in [2.75, 3.05) is 0 Å². The molecule has 3 aromatic heterocycles. The second kappa shape index (κ2) is 9.62. The van der Waals surface area contributed by atoms with Crippen molar-refractivity contribution in [3.8, 4) is 28.3 Å². The van der Waals surface area contributed by atoms with Crippen LogP contribution in [0.1, 0.15) is 0 Å². The molecule has 0 fully saturated rings. The van der Waals surface area contributed by atoms with Crippen LogP contribution in [0, 0.1) is 0 Å². The van der Waals surface area contributed by atoms with Crippen LogP contribution in [0.2, 0.25) is 0 Å². The number of benzene rings is 7. The number of para-hydroxylation sites is 3. The van der Waals surface area contributed by atoms with Crippen molar-refractivity contribution in [3.05, 3.63) is 152 Å². The molecule has 0 radical (unpaired) electrons. The van der Waals surface area contributed by atoms with Crippen LogP contribution in [-0.4, -0.2) is 14.5 Å². The Kier molecular flexibility index (Phi) is 5.25. The van der Waals surface area contributed by atoms with Crippen LogP contribution in [-0.2, 0) is 0 Å². The minimum Gasteiger partial charge on any atom is -0.456 e. The molecule has 0 N–H and O–H groups in total. The van der Waals surface area contributed by atoms with E-state index in [-0.39, 0.29) is 0 Å². The van der Waals surface area contributed by atoms with Crippen molar-refractivity contribution in [3.63, 3.8) is 0 Å². The molecule has 46 heavy (non-hydrogen) atoms. The van der Waals surface area contributed by atoms with E-state index in [0.717, 1.165) is 55.3 Å². The maximum Gasteiger partial charge on any atom is 0.160 e. The third-order valence-electron chi connectivity index (χ3n) is 9.18. The summed E-state index contributed by atoms with van der Waals surface area (Å²) in [6, 6.07) is 53.1. The lowest BCUT2D eigenvalue weighted by molar-refractivity contribution is 0.669. The van der Waals surface area contributed by atoms with Crippen molar-refractivity contribution in [2.24, 2.45) is 0 Å². The summed E-state index contributed by atoms with van der Waals surface area (Å²) in [5, 5.41) is 7.99. The predicted molar refractivity (Wildman–Crippen MR) is 190 cm³/mol. The number of nitrogens with zero attached hydrogens (tertiary/aromatic N) is 3. The van der Waals surface area contributed by atoms with Crippen LogP contribution in [0.4, 0.5) is 0 Å². The monoisotopic (exact) mass is 587 g/mol. The Morgan fingerprint density at radius 1 is 0.457 bits per heavy atom. The molecular formula is C42H25N3O. The zero-order valence-corrected chi connectivity index (χ0v) is 24.7. The van der Waals surface area contributed by atoms with Gasteiger partial charge in [0.15, 0.2) is 5.82 Å². The van der Waals surface area contributed by atoms with Gasteiger partial charge in [-0.25, -0.2) is 9.97 Å². The predicted octanol–water partition coefficient (Wildman–Crippen LogP) is 11.1. The van der Waals surface area contributed by atoms with Gasteiger partial charge in [0, 0.05) is 43.7 Å². The van der Waals surface area contributed by atoms with Gasteiger partial charge in [-0.05, 0) is 71.4 Å². The van der Waals surface area contributed by atoms with Crippen molar-refractivity contribution >= 4 is 65.4 Å². The van der Waals surface area contributed by atoms with E-state index in [2.05, 4.69) is 144 Å². The first-order valence-corrected chi connectivity index (χ1v) is 15.5. The zero-order valence-electron chi connectivity index (χ0n) is 24.7. The molecule has 0 aliphatic carbocycles. The van der Waals surface area contributed by atoms with Gasteiger partial charge in [0.2, 0.25) is 0 Å². The number of hydrogen-bond acceptors (Lipinski definition) is 3. The molecule has 0 spiro atoms. The highest BCUT2D eigenvalue weighted by atomic mass is 16.3. The normalized spacial score (nSPS) is 11.9. The van der Waals surface area contributed by atoms with Gasteiger partial charge < -0.3 is 8.98 Å². The average molecular weight is 588 g/mol. The lowest BCUT2D eigenvalue weighted by Crippen LogP contribution is -1.96. The topological polar surface area (TPSA) is 43.9 Å². The highest BCUT2D eigenvalue weighted by molar-refractivity contribution is 6.19. The summed E-state index contributed by atoms with van der Waals surface area (Å²) in [5.74, 6) is 0.692. The highest BCUT2D eigenvalue weighted by Crippen LogP contribution is 2.39. The Hall–Kier alpha value is -6.26. The van der Waals surface area contributed by atoms with Gasteiger partial charge in [0.1, 0.15) is 11.2 Å². The minimum atomic E-state index is 0.692. The molecule has 3 heterocycles. The van der Waals surface area contributed by atoms with Gasteiger partial charge in [0.25, 0.3) is 0 Å². The number of furan rings is 1. The molecular weight excluding hydrogens is 562 g/mol. The first-order chi connectivity index (χ1) is 22.8. The van der Waals surface area contributed by atoms with Gasteiger partial charge in [-0.3, -0.25) is 0 Å². The summed E-state index contributed by atoms with van der Waals surface area (Å²) in [7, 11) is 0. The van der Waals surface area contributed by atoms with E-state index < -0.39 is 0 Å². The first-order valence-electron chi connectivity index (χ1n) is 15.5. The van der Waals surface area contributed by atoms with E-state index in [1.807, 2.05) is 12.1 Å². The summed E-state index contributed by atoms with van der Waals surface area (Å²) in [6.07, 6.45) is 0.